The van der Waals surface area contributed by atoms with Gasteiger partial charge in [-0.05, 0) is 122 Å². The third-order valence-electron chi connectivity index (χ3n) is 11.3. The van der Waals surface area contributed by atoms with Gasteiger partial charge in [0.2, 0.25) is 0 Å². The molecule has 9 aromatic carbocycles. The third kappa shape index (κ3) is 5.65. The smallest absolute Gasteiger partial charge is 0.0542 e. The molecule has 0 radical (unpaired) electrons. The fourth-order valence-electron chi connectivity index (χ4n) is 8.63. The summed E-state index contributed by atoms with van der Waals surface area (Å²) in [5.74, 6) is 0. The highest BCUT2D eigenvalue weighted by Crippen LogP contribution is 2.45. The van der Waals surface area contributed by atoms with E-state index in [2.05, 4.69) is 230 Å². The molecule has 0 amide bonds. The molecule has 0 aliphatic carbocycles. The van der Waals surface area contributed by atoms with E-state index < -0.39 is 0 Å². The van der Waals surface area contributed by atoms with Crippen molar-refractivity contribution in [2.75, 3.05) is 4.90 Å². The molecule has 0 atom stereocenters. The van der Waals surface area contributed by atoms with Crippen molar-refractivity contribution >= 4 is 60.4 Å². The Morgan fingerprint density at radius 1 is 0.357 bits per heavy atom. The molecule has 0 N–H and O–H groups in total. The molecule has 10 aromatic rings. The maximum Gasteiger partial charge on any atom is 0.0542 e. The molecule has 2 heteroatoms. The monoisotopic (exact) mass is 718 g/mol. The number of rotatable bonds is 6. The van der Waals surface area contributed by atoms with Crippen LogP contribution in [0.1, 0.15) is 26.3 Å². The summed E-state index contributed by atoms with van der Waals surface area (Å²) in [5.41, 5.74) is 13.3. The molecule has 56 heavy (non-hydrogen) atoms. The Morgan fingerprint density at radius 3 is 1.29 bits per heavy atom. The maximum atomic E-state index is 2.44. The summed E-state index contributed by atoms with van der Waals surface area (Å²) >= 11 is 0. The Labute approximate surface area is 328 Å². The lowest BCUT2D eigenvalue weighted by atomic mass is 9.86. The SMILES string of the molecule is CC(C)(C)c1ccc2c(c1)c1cc(N(c3ccccc3)c3ccccc3)ccc1n2-c1ccc(-c2c3ccccc3c(-c3ccccc3)c3ccccc23)cc1. The first-order chi connectivity index (χ1) is 27.4. The van der Waals surface area contributed by atoms with E-state index in [1.54, 1.807) is 0 Å². The van der Waals surface area contributed by atoms with Crippen LogP contribution in [0.2, 0.25) is 0 Å². The number of aromatic nitrogens is 1. The van der Waals surface area contributed by atoms with Crippen LogP contribution >= 0.6 is 0 Å². The first kappa shape index (κ1) is 33.7. The van der Waals surface area contributed by atoms with Crippen LogP contribution in [-0.2, 0) is 5.41 Å². The minimum absolute atomic E-state index is 0.0175. The van der Waals surface area contributed by atoms with E-state index >= 15 is 0 Å². The number of nitrogens with zero attached hydrogens (tertiary/aromatic N) is 2. The fourth-order valence-corrected chi connectivity index (χ4v) is 8.63. The quantitative estimate of drug-likeness (QED) is 0.155. The van der Waals surface area contributed by atoms with Gasteiger partial charge in [0.05, 0.1) is 11.0 Å². The number of hydrogen-bond acceptors (Lipinski definition) is 1. The lowest BCUT2D eigenvalue weighted by Gasteiger charge is -2.25. The van der Waals surface area contributed by atoms with E-state index in [1.165, 1.54) is 71.2 Å². The zero-order valence-electron chi connectivity index (χ0n) is 31.9. The van der Waals surface area contributed by atoms with Crippen molar-refractivity contribution in [3.63, 3.8) is 0 Å². The molecular weight excluding hydrogens is 677 g/mol. The Hall–Kier alpha value is -6.90. The van der Waals surface area contributed by atoms with E-state index in [0.29, 0.717) is 0 Å². The van der Waals surface area contributed by atoms with Gasteiger partial charge < -0.3 is 9.47 Å². The predicted molar refractivity (Wildman–Crippen MR) is 240 cm³/mol. The van der Waals surface area contributed by atoms with Crippen molar-refractivity contribution in [3.05, 3.63) is 206 Å². The van der Waals surface area contributed by atoms with Crippen LogP contribution < -0.4 is 4.90 Å². The second-order valence-electron chi connectivity index (χ2n) is 15.8. The van der Waals surface area contributed by atoms with Crippen LogP contribution in [-0.4, -0.2) is 4.57 Å². The first-order valence-corrected chi connectivity index (χ1v) is 19.5. The van der Waals surface area contributed by atoms with E-state index in [9.17, 15) is 0 Å². The van der Waals surface area contributed by atoms with Gasteiger partial charge in [0.15, 0.2) is 0 Å². The van der Waals surface area contributed by atoms with Crippen molar-refractivity contribution in [1.29, 1.82) is 0 Å². The van der Waals surface area contributed by atoms with Crippen LogP contribution in [0, 0.1) is 0 Å². The number of para-hydroxylation sites is 2. The van der Waals surface area contributed by atoms with Crippen molar-refractivity contribution in [3.8, 4) is 27.9 Å². The second-order valence-corrected chi connectivity index (χ2v) is 15.8. The molecule has 2 nitrogen and oxygen atoms in total. The lowest BCUT2D eigenvalue weighted by Crippen LogP contribution is -2.10. The molecular formula is C54H42N2. The summed E-state index contributed by atoms with van der Waals surface area (Å²) in [5, 5.41) is 7.55. The standard InChI is InChI=1S/C54H42N2/c1-54(2,3)39-29-33-50-48(35-39)49-36-43(55(40-19-9-5-10-20-40)41-21-11-6-12-22-41)32-34-51(49)56(50)42-30-27-38(28-31-42)53-46-25-15-13-23-44(46)52(37-17-7-4-8-18-37)45-24-14-16-26-47(45)53/h4-36H,1-3H3. The van der Waals surface area contributed by atoms with E-state index in [1.807, 2.05) is 0 Å². The molecule has 1 aromatic heterocycles. The molecule has 268 valence electrons. The van der Waals surface area contributed by atoms with Gasteiger partial charge in [-0.1, -0.05) is 154 Å². The number of anilines is 3. The number of benzene rings is 9. The summed E-state index contributed by atoms with van der Waals surface area (Å²) in [7, 11) is 0. The Balaban J connectivity index is 1.16. The second kappa shape index (κ2) is 13.4. The van der Waals surface area contributed by atoms with E-state index in [4.69, 9.17) is 0 Å². The van der Waals surface area contributed by atoms with Gasteiger partial charge in [-0.25, -0.2) is 0 Å². The predicted octanol–water partition coefficient (Wildman–Crippen LogP) is 15.2. The van der Waals surface area contributed by atoms with Gasteiger partial charge >= 0.3 is 0 Å². The average Bonchev–Trinajstić information content (AvgIpc) is 3.57. The van der Waals surface area contributed by atoms with Crippen LogP contribution in [0.3, 0.4) is 0 Å². The van der Waals surface area contributed by atoms with Crippen LogP contribution in [0.25, 0.3) is 71.3 Å². The van der Waals surface area contributed by atoms with Gasteiger partial charge in [0.25, 0.3) is 0 Å². The highest BCUT2D eigenvalue weighted by molar-refractivity contribution is 6.21. The van der Waals surface area contributed by atoms with Crippen molar-refractivity contribution in [2.24, 2.45) is 0 Å². The summed E-state index contributed by atoms with van der Waals surface area (Å²) < 4.78 is 2.44. The molecule has 0 saturated heterocycles. The molecule has 0 unspecified atom stereocenters. The van der Waals surface area contributed by atoms with E-state index in [0.717, 1.165) is 22.7 Å². The van der Waals surface area contributed by atoms with Crippen molar-refractivity contribution in [2.45, 2.75) is 26.2 Å². The molecule has 0 aliphatic heterocycles. The van der Waals surface area contributed by atoms with Crippen molar-refractivity contribution < 1.29 is 0 Å². The lowest BCUT2D eigenvalue weighted by molar-refractivity contribution is 0.591. The summed E-state index contributed by atoms with van der Waals surface area (Å²) in [4.78, 5) is 2.35. The molecule has 1 heterocycles. The molecule has 0 bridgehead atoms. The minimum Gasteiger partial charge on any atom is -0.310 e. The van der Waals surface area contributed by atoms with Gasteiger partial charge in [-0.3, -0.25) is 0 Å². The van der Waals surface area contributed by atoms with Crippen LogP contribution in [0.5, 0.6) is 0 Å². The zero-order valence-corrected chi connectivity index (χ0v) is 31.9. The third-order valence-corrected chi connectivity index (χ3v) is 11.3. The van der Waals surface area contributed by atoms with Gasteiger partial charge in [-0.15, -0.1) is 0 Å². The van der Waals surface area contributed by atoms with Gasteiger partial charge in [0.1, 0.15) is 0 Å². The van der Waals surface area contributed by atoms with E-state index in [-0.39, 0.29) is 5.41 Å². The maximum absolute atomic E-state index is 2.44. The summed E-state index contributed by atoms with van der Waals surface area (Å²) in [6, 6.07) is 73.1. The first-order valence-electron chi connectivity index (χ1n) is 19.5. The zero-order chi connectivity index (χ0) is 37.8. The number of fused-ring (bicyclic) bond motifs is 5. The normalized spacial score (nSPS) is 11.8. The van der Waals surface area contributed by atoms with Crippen LogP contribution in [0.4, 0.5) is 17.1 Å². The minimum atomic E-state index is 0.0175. The molecule has 10 rings (SSSR count). The Kier molecular flexibility index (Phi) is 8.08. The highest BCUT2D eigenvalue weighted by atomic mass is 15.1. The topological polar surface area (TPSA) is 8.17 Å². The summed E-state index contributed by atoms with van der Waals surface area (Å²) in [6.45, 7) is 6.89. The number of hydrogen-bond donors (Lipinski definition) is 0. The largest absolute Gasteiger partial charge is 0.310 e. The molecule has 0 fully saturated rings. The van der Waals surface area contributed by atoms with Crippen molar-refractivity contribution in [1.82, 2.24) is 4.57 Å². The Morgan fingerprint density at radius 2 is 0.786 bits per heavy atom. The summed E-state index contributed by atoms with van der Waals surface area (Å²) in [6.07, 6.45) is 0. The van der Waals surface area contributed by atoms with Gasteiger partial charge in [0, 0.05) is 33.5 Å². The van der Waals surface area contributed by atoms with Crippen LogP contribution in [0.15, 0.2) is 200 Å². The molecule has 0 aliphatic rings. The average molecular weight is 719 g/mol. The Bertz CT molecular complexity index is 2930. The fraction of sp³-hybridized carbons (Fsp3) is 0.0741. The molecule has 0 saturated carbocycles. The highest BCUT2D eigenvalue weighted by Gasteiger charge is 2.21. The van der Waals surface area contributed by atoms with Gasteiger partial charge in [-0.2, -0.15) is 0 Å². The molecule has 0 spiro atoms.